The van der Waals surface area contributed by atoms with Gasteiger partial charge in [0, 0.05) is 45.3 Å². The van der Waals surface area contributed by atoms with Crippen molar-refractivity contribution in [2.75, 3.05) is 52.5 Å². The molecule has 1 saturated heterocycles. The molecule has 0 bridgehead atoms. The molecule has 0 aliphatic carbocycles. The number of hydrogen-bond acceptors (Lipinski definition) is 6. The molecule has 1 unspecified atom stereocenters. The van der Waals surface area contributed by atoms with Crippen LogP contribution in [-0.2, 0) is 0 Å². The third-order valence-electron chi connectivity index (χ3n) is 5.42. The maximum Gasteiger partial charge on any atom is 0.127 e. The second-order valence-corrected chi connectivity index (χ2v) is 7.64. The number of rotatable bonds is 8. The van der Waals surface area contributed by atoms with E-state index in [9.17, 15) is 9.50 Å². The molecule has 1 aliphatic rings. The average Bonchev–Trinajstić information content (AvgIpc) is 3.21. The van der Waals surface area contributed by atoms with Crippen LogP contribution in [0.5, 0.6) is 5.75 Å². The minimum atomic E-state index is -0.664. The number of ether oxygens (including phenoxy) is 1. The number of piperazine rings is 1. The maximum absolute atomic E-state index is 14.2. The van der Waals surface area contributed by atoms with Crippen molar-refractivity contribution in [2.45, 2.75) is 6.10 Å². The second kappa shape index (κ2) is 9.53. The van der Waals surface area contributed by atoms with Gasteiger partial charge in [0.05, 0.1) is 24.0 Å². The maximum atomic E-state index is 14.2. The third kappa shape index (κ3) is 5.14. The first-order valence-corrected chi connectivity index (χ1v) is 10.2. The molecule has 2 aromatic carbocycles. The van der Waals surface area contributed by atoms with Crippen molar-refractivity contribution >= 4 is 11.0 Å². The van der Waals surface area contributed by atoms with Crippen LogP contribution in [0.3, 0.4) is 0 Å². The van der Waals surface area contributed by atoms with Crippen LogP contribution in [0.4, 0.5) is 4.39 Å². The van der Waals surface area contributed by atoms with Crippen LogP contribution in [0.1, 0.15) is 0 Å². The molecule has 0 spiro atoms. The van der Waals surface area contributed by atoms with Crippen LogP contribution < -0.4 is 4.74 Å². The predicted molar refractivity (Wildman–Crippen MR) is 113 cm³/mol. The zero-order valence-electron chi connectivity index (χ0n) is 16.8. The minimum absolute atomic E-state index is 0.0966. The number of hydrogen-bond donors (Lipinski definition) is 3. The molecule has 1 aromatic heterocycles. The summed E-state index contributed by atoms with van der Waals surface area (Å²) in [6.45, 7) is 4.90. The first-order chi connectivity index (χ1) is 14.6. The molecule has 2 heterocycles. The molecule has 1 atom stereocenters. The van der Waals surface area contributed by atoms with E-state index in [0.717, 1.165) is 42.8 Å². The molecule has 160 valence electrons. The Balaban J connectivity index is 1.34. The van der Waals surface area contributed by atoms with Gasteiger partial charge in [0.1, 0.15) is 24.3 Å². The molecular weight excluding hydrogens is 387 g/mol. The van der Waals surface area contributed by atoms with E-state index in [4.69, 9.17) is 9.84 Å². The molecular formula is C22H27FN4O3. The molecule has 1 aliphatic heterocycles. The number of aromatic amines is 1. The Morgan fingerprint density at radius 2 is 1.87 bits per heavy atom. The number of H-pyrrole nitrogens is 1. The molecule has 4 rings (SSSR count). The van der Waals surface area contributed by atoms with E-state index in [2.05, 4.69) is 19.8 Å². The highest BCUT2D eigenvalue weighted by Gasteiger charge is 2.19. The lowest BCUT2D eigenvalue weighted by Gasteiger charge is -2.35. The van der Waals surface area contributed by atoms with Crippen LogP contribution in [-0.4, -0.2) is 88.6 Å². The van der Waals surface area contributed by atoms with Crippen LogP contribution in [0.25, 0.3) is 22.2 Å². The number of nitrogens with one attached hydrogen (secondary N) is 1. The van der Waals surface area contributed by atoms with E-state index in [-0.39, 0.29) is 19.0 Å². The van der Waals surface area contributed by atoms with E-state index in [1.807, 2.05) is 18.2 Å². The van der Waals surface area contributed by atoms with Gasteiger partial charge in [-0.2, -0.15) is 0 Å². The van der Waals surface area contributed by atoms with Gasteiger partial charge in [-0.3, -0.25) is 9.80 Å². The number of fused-ring (bicyclic) bond motifs is 1. The normalized spacial score (nSPS) is 16.8. The molecule has 1 fully saturated rings. The van der Waals surface area contributed by atoms with Gasteiger partial charge in [0.25, 0.3) is 0 Å². The van der Waals surface area contributed by atoms with Gasteiger partial charge in [-0.05, 0) is 35.4 Å². The van der Waals surface area contributed by atoms with Crippen molar-refractivity contribution in [1.29, 1.82) is 0 Å². The highest BCUT2D eigenvalue weighted by Crippen LogP contribution is 2.27. The van der Waals surface area contributed by atoms with Crippen LogP contribution in [0, 0.1) is 5.82 Å². The van der Waals surface area contributed by atoms with Gasteiger partial charge in [-0.1, -0.05) is 6.07 Å². The Labute approximate surface area is 174 Å². The standard InChI is InChI=1S/C22H27FN4O3/c23-18-9-17(16-1-2-21-22(11-16)25-15-24-21)10-20(12-18)30-14-19(29)13-27-5-3-26(4-6-27)7-8-28/h1-2,9-12,15,19,28-29H,3-8,13-14H2,(H,24,25). The number of aromatic nitrogens is 2. The summed E-state index contributed by atoms with van der Waals surface area (Å²) in [6, 6.07) is 10.3. The summed E-state index contributed by atoms with van der Waals surface area (Å²) in [7, 11) is 0. The zero-order valence-corrected chi connectivity index (χ0v) is 16.8. The lowest BCUT2D eigenvalue weighted by molar-refractivity contribution is 0.0428. The first kappa shape index (κ1) is 20.7. The number of β-amino-alcohol motifs (C(OH)–C–C–N with tert-alkyl or cyclic N) is 2. The Bertz CT molecular complexity index is 972. The van der Waals surface area contributed by atoms with Crippen LogP contribution in [0.15, 0.2) is 42.7 Å². The van der Waals surface area contributed by atoms with Gasteiger partial charge in [-0.25, -0.2) is 9.37 Å². The highest BCUT2D eigenvalue weighted by atomic mass is 19.1. The van der Waals surface area contributed by atoms with E-state index in [1.165, 1.54) is 12.1 Å². The second-order valence-electron chi connectivity index (χ2n) is 7.64. The lowest BCUT2D eigenvalue weighted by atomic mass is 10.0. The topological polar surface area (TPSA) is 84.8 Å². The van der Waals surface area contributed by atoms with Crippen molar-refractivity contribution < 1.29 is 19.3 Å². The van der Waals surface area contributed by atoms with Crippen molar-refractivity contribution in [2.24, 2.45) is 0 Å². The van der Waals surface area contributed by atoms with E-state index in [0.29, 0.717) is 24.4 Å². The lowest BCUT2D eigenvalue weighted by Crippen LogP contribution is -2.49. The third-order valence-corrected chi connectivity index (χ3v) is 5.42. The molecule has 0 saturated carbocycles. The summed E-state index contributed by atoms with van der Waals surface area (Å²) in [5.74, 6) is 0.00299. The largest absolute Gasteiger partial charge is 0.491 e. The summed E-state index contributed by atoms with van der Waals surface area (Å²) in [4.78, 5) is 11.6. The van der Waals surface area contributed by atoms with Gasteiger partial charge in [0.2, 0.25) is 0 Å². The Kier molecular flexibility index (Phi) is 6.59. The molecule has 7 nitrogen and oxygen atoms in total. The smallest absolute Gasteiger partial charge is 0.127 e. The summed E-state index contributed by atoms with van der Waals surface area (Å²) in [6.07, 6.45) is 0.963. The van der Waals surface area contributed by atoms with Crippen LogP contribution >= 0.6 is 0 Å². The van der Waals surface area contributed by atoms with E-state index >= 15 is 0 Å². The fraction of sp³-hybridized carbons (Fsp3) is 0.409. The van der Waals surface area contributed by atoms with Gasteiger partial charge in [-0.15, -0.1) is 0 Å². The number of imidazole rings is 1. The van der Waals surface area contributed by atoms with E-state index in [1.54, 1.807) is 12.4 Å². The van der Waals surface area contributed by atoms with Crippen molar-refractivity contribution in [3.63, 3.8) is 0 Å². The zero-order chi connectivity index (χ0) is 20.9. The quantitative estimate of drug-likeness (QED) is 0.521. The summed E-state index contributed by atoms with van der Waals surface area (Å²) >= 11 is 0. The first-order valence-electron chi connectivity index (χ1n) is 10.2. The Morgan fingerprint density at radius 1 is 1.07 bits per heavy atom. The molecule has 8 heteroatoms. The average molecular weight is 414 g/mol. The SMILES string of the molecule is OCCN1CCN(CC(O)COc2cc(F)cc(-c3ccc4nc[nH]c4c3)c2)CC1. The Hall–Kier alpha value is -2.52. The van der Waals surface area contributed by atoms with Crippen molar-refractivity contribution in [1.82, 2.24) is 19.8 Å². The van der Waals surface area contributed by atoms with Gasteiger partial charge in [0.15, 0.2) is 0 Å². The fourth-order valence-electron chi connectivity index (χ4n) is 3.81. The van der Waals surface area contributed by atoms with Gasteiger partial charge >= 0.3 is 0 Å². The number of aliphatic hydroxyl groups excluding tert-OH is 2. The minimum Gasteiger partial charge on any atom is -0.491 e. The van der Waals surface area contributed by atoms with Gasteiger partial charge < -0.3 is 19.9 Å². The van der Waals surface area contributed by atoms with E-state index < -0.39 is 6.10 Å². The number of aliphatic hydroxyl groups is 2. The fourth-order valence-corrected chi connectivity index (χ4v) is 3.81. The highest BCUT2D eigenvalue weighted by molar-refractivity contribution is 5.81. The van der Waals surface area contributed by atoms with Crippen molar-refractivity contribution in [3.8, 4) is 16.9 Å². The monoisotopic (exact) mass is 414 g/mol. The molecule has 0 amide bonds. The van der Waals surface area contributed by atoms with Crippen LogP contribution in [0.2, 0.25) is 0 Å². The molecule has 3 aromatic rings. The molecule has 30 heavy (non-hydrogen) atoms. The Morgan fingerprint density at radius 3 is 2.67 bits per heavy atom. The number of nitrogens with zero attached hydrogens (tertiary/aromatic N) is 3. The molecule has 0 radical (unpaired) electrons. The van der Waals surface area contributed by atoms with Crippen molar-refractivity contribution in [3.05, 3.63) is 48.5 Å². The number of benzene rings is 2. The summed E-state index contributed by atoms with van der Waals surface area (Å²) < 4.78 is 19.9. The summed E-state index contributed by atoms with van der Waals surface area (Å²) in [5, 5.41) is 19.4. The predicted octanol–water partition coefficient (Wildman–Crippen LogP) is 1.72. The summed E-state index contributed by atoms with van der Waals surface area (Å²) in [5.41, 5.74) is 3.30. The molecule has 3 N–H and O–H groups in total. The number of halogens is 1.